The van der Waals surface area contributed by atoms with E-state index in [4.69, 9.17) is 0 Å². The van der Waals surface area contributed by atoms with Gasteiger partial charge in [0.15, 0.2) is 0 Å². The molecular formula is C15H14N2OS2. The topological polar surface area (TPSA) is 33.2 Å². The second-order valence-corrected chi connectivity index (χ2v) is 6.47. The van der Waals surface area contributed by atoms with Crippen LogP contribution in [0.3, 0.4) is 0 Å². The molecule has 20 heavy (non-hydrogen) atoms. The molecule has 0 fully saturated rings. The summed E-state index contributed by atoms with van der Waals surface area (Å²) in [4.78, 5) is 18.7. The number of fused-ring (bicyclic) bond motifs is 1. The van der Waals surface area contributed by atoms with Gasteiger partial charge in [0.2, 0.25) is 0 Å². The number of rotatable bonds is 3. The predicted octanol–water partition coefficient (Wildman–Crippen LogP) is 4.19. The van der Waals surface area contributed by atoms with Gasteiger partial charge in [0.25, 0.3) is 5.91 Å². The Kier molecular flexibility index (Phi) is 3.54. The summed E-state index contributed by atoms with van der Waals surface area (Å²) >= 11 is 3.18. The highest BCUT2D eigenvalue weighted by Crippen LogP contribution is 2.29. The monoisotopic (exact) mass is 302 g/mol. The average molecular weight is 302 g/mol. The third-order valence-electron chi connectivity index (χ3n) is 3.34. The first-order chi connectivity index (χ1) is 9.66. The van der Waals surface area contributed by atoms with Crippen molar-refractivity contribution in [3.8, 4) is 0 Å². The largest absolute Gasteiger partial charge is 0.332 e. The van der Waals surface area contributed by atoms with E-state index in [-0.39, 0.29) is 11.9 Å². The number of carbonyl (C=O) groups excluding carboxylic acids is 1. The van der Waals surface area contributed by atoms with Crippen LogP contribution in [0.15, 0.2) is 41.1 Å². The molecule has 0 spiro atoms. The van der Waals surface area contributed by atoms with Crippen molar-refractivity contribution in [1.82, 2.24) is 9.88 Å². The Morgan fingerprint density at radius 1 is 1.30 bits per heavy atom. The summed E-state index contributed by atoms with van der Waals surface area (Å²) in [6.45, 7) is 2.02. The first-order valence-corrected chi connectivity index (χ1v) is 8.07. The molecule has 2 aromatic heterocycles. The summed E-state index contributed by atoms with van der Waals surface area (Å²) in [5, 5.41) is 4.77. The van der Waals surface area contributed by atoms with Gasteiger partial charge in [-0.15, -0.1) is 11.3 Å². The summed E-state index contributed by atoms with van der Waals surface area (Å²) in [7, 11) is 1.83. The van der Waals surface area contributed by atoms with Crippen molar-refractivity contribution in [2.45, 2.75) is 13.0 Å². The Hall–Kier alpha value is -1.72. The maximum atomic E-state index is 12.3. The molecule has 1 atom stereocenters. The van der Waals surface area contributed by atoms with Crippen molar-refractivity contribution < 1.29 is 4.79 Å². The van der Waals surface area contributed by atoms with E-state index in [1.165, 1.54) is 11.3 Å². The summed E-state index contributed by atoms with van der Waals surface area (Å²) in [5.74, 6) is 0.0398. The number of carbonyl (C=O) groups is 1. The summed E-state index contributed by atoms with van der Waals surface area (Å²) < 4.78 is 1.16. The molecule has 1 aromatic carbocycles. The zero-order valence-corrected chi connectivity index (χ0v) is 12.9. The zero-order valence-electron chi connectivity index (χ0n) is 11.2. The number of thiophene rings is 1. The van der Waals surface area contributed by atoms with Crippen LogP contribution in [-0.2, 0) is 0 Å². The lowest BCUT2D eigenvalue weighted by atomic mass is 10.2. The molecule has 3 nitrogen and oxygen atoms in total. The number of para-hydroxylation sites is 1. The molecule has 0 aliphatic carbocycles. The number of thiazole rings is 1. The van der Waals surface area contributed by atoms with Crippen molar-refractivity contribution in [1.29, 1.82) is 0 Å². The van der Waals surface area contributed by atoms with Gasteiger partial charge in [-0.2, -0.15) is 11.3 Å². The quantitative estimate of drug-likeness (QED) is 0.727. The van der Waals surface area contributed by atoms with E-state index in [1.54, 1.807) is 16.2 Å². The first-order valence-electron chi connectivity index (χ1n) is 6.31. The Bertz CT molecular complexity index is 700. The van der Waals surface area contributed by atoms with Crippen LogP contribution in [0.25, 0.3) is 10.2 Å². The molecule has 0 radical (unpaired) electrons. The lowest BCUT2D eigenvalue weighted by Gasteiger charge is -2.22. The second kappa shape index (κ2) is 5.34. The number of hydrogen-bond donors (Lipinski definition) is 0. The van der Waals surface area contributed by atoms with Crippen LogP contribution in [0.5, 0.6) is 0 Å². The van der Waals surface area contributed by atoms with Crippen molar-refractivity contribution in [3.05, 3.63) is 51.7 Å². The fourth-order valence-corrected chi connectivity index (χ4v) is 3.69. The molecule has 0 saturated heterocycles. The fraction of sp³-hybridized carbons (Fsp3) is 0.200. The van der Waals surface area contributed by atoms with Gasteiger partial charge in [0.05, 0.1) is 21.8 Å². The summed E-state index contributed by atoms with van der Waals surface area (Å²) in [6.07, 6.45) is 0. The van der Waals surface area contributed by atoms with Crippen molar-refractivity contribution >= 4 is 38.8 Å². The summed E-state index contributed by atoms with van der Waals surface area (Å²) in [5.41, 5.74) is 1.74. The normalized spacial score (nSPS) is 12.5. The average Bonchev–Trinajstić information content (AvgIpc) is 3.13. The van der Waals surface area contributed by atoms with E-state index in [0.29, 0.717) is 0 Å². The molecule has 0 saturated carbocycles. The molecular weight excluding hydrogens is 288 g/mol. The summed E-state index contributed by atoms with van der Waals surface area (Å²) in [6, 6.07) is 9.88. The van der Waals surface area contributed by atoms with Crippen LogP contribution < -0.4 is 0 Å². The minimum atomic E-state index is -0.0280. The van der Waals surface area contributed by atoms with Crippen LogP contribution >= 0.6 is 22.7 Å². The minimum absolute atomic E-state index is 0.0280. The highest BCUT2D eigenvalue weighted by molar-refractivity contribution is 7.18. The SMILES string of the molecule is C[C@H](c1nc2ccccc2s1)N(C)C(=O)c1ccsc1. The zero-order chi connectivity index (χ0) is 14.1. The van der Waals surface area contributed by atoms with E-state index in [0.717, 1.165) is 20.8 Å². The smallest absolute Gasteiger partial charge is 0.255 e. The molecule has 0 N–H and O–H groups in total. The van der Waals surface area contributed by atoms with Crippen LogP contribution in [0.1, 0.15) is 28.3 Å². The number of amides is 1. The molecule has 102 valence electrons. The van der Waals surface area contributed by atoms with Gasteiger partial charge in [-0.05, 0) is 30.5 Å². The lowest BCUT2D eigenvalue weighted by Crippen LogP contribution is -2.29. The van der Waals surface area contributed by atoms with Gasteiger partial charge in [0, 0.05) is 12.4 Å². The lowest BCUT2D eigenvalue weighted by molar-refractivity contribution is 0.0743. The molecule has 3 aromatic rings. The second-order valence-electron chi connectivity index (χ2n) is 4.62. The van der Waals surface area contributed by atoms with Crippen molar-refractivity contribution in [2.24, 2.45) is 0 Å². The van der Waals surface area contributed by atoms with Gasteiger partial charge in [-0.3, -0.25) is 4.79 Å². The third kappa shape index (κ3) is 2.34. The molecule has 3 rings (SSSR count). The Morgan fingerprint density at radius 3 is 2.80 bits per heavy atom. The number of aromatic nitrogens is 1. The molecule has 5 heteroatoms. The highest BCUT2D eigenvalue weighted by Gasteiger charge is 2.21. The Balaban J connectivity index is 1.87. The molecule has 2 heterocycles. The number of hydrogen-bond acceptors (Lipinski definition) is 4. The maximum Gasteiger partial charge on any atom is 0.255 e. The van der Waals surface area contributed by atoms with Crippen molar-refractivity contribution in [2.75, 3.05) is 7.05 Å². The first kappa shape index (κ1) is 13.3. The van der Waals surface area contributed by atoms with Crippen LogP contribution in [-0.4, -0.2) is 22.8 Å². The molecule has 0 aliphatic heterocycles. The van der Waals surface area contributed by atoms with Gasteiger partial charge in [-0.1, -0.05) is 12.1 Å². The van der Waals surface area contributed by atoms with Crippen LogP contribution in [0.2, 0.25) is 0 Å². The number of benzene rings is 1. The van der Waals surface area contributed by atoms with E-state index in [1.807, 2.05) is 49.0 Å². The van der Waals surface area contributed by atoms with E-state index in [2.05, 4.69) is 11.1 Å². The fourth-order valence-electron chi connectivity index (χ4n) is 2.00. The standard InChI is InChI=1S/C15H14N2OS2/c1-10(17(2)15(18)11-7-8-19-9-11)14-16-12-5-3-4-6-13(12)20-14/h3-10H,1-2H3/t10-/m1/s1. The van der Waals surface area contributed by atoms with Gasteiger partial charge in [-0.25, -0.2) is 4.98 Å². The minimum Gasteiger partial charge on any atom is -0.332 e. The van der Waals surface area contributed by atoms with Crippen LogP contribution in [0.4, 0.5) is 0 Å². The molecule has 0 bridgehead atoms. The van der Waals surface area contributed by atoms with Crippen molar-refractivity contribution in [3.63, 3.8) is 0 Å². The van der Waals surface area contributed by atoms with E-state index >= 15 is 0 Å². The van der Waals surface area contributed by atoms with Gasteiger partial charge in [0.1, 0.15) is 5.01 Å². The van der Waals surface area contributed by atoms with Crippen LogP contribution in [0, 0.1) is 0 Å². The predicted molar refractivity (Wildman–Crippen MR) is 84.4 cm³/mol. The maximum absolute atomic E-state index is 12.3. The third-order valence-corrected chi connectivity index (χ3v) is 5.23. The Morgan fingerprint density at radius 2 is 2.10 bits per heavy atom. The van der Waals surface area contributed by atoms with Gasteiger partial charge < -0.3 is 4.90 Å². The highest BCUT2D eigenvalue weighted by atomic mass is 32.1. The molecule has 0 aliphatic rings. The van der Waals surface area contributed by atoms with Gasteiger partial charge >= 0.3 is 0 Å². The van der Waals surface area contributed by atoms with E-state index < -0.39 is 0 Å². The van der Waals surface area contributed by atoms with E-state index in [9.17, 15) is 4.79 Å². The number of nitrogens with zero attached hydrogens (tertiary/aromatic N) is 2. The Labute approximate surface area is 125 Å². The molecule has 0 unspecified atom stereocenters. The molecule has 1 amide bonds.